The van der Waals surface area contributed by atoms with Crippen LogP contribution in [0, 0.1) is 11.8 Å². The summed E-state index contributed by atoms with van der Waals surface area (Å²) >= 11 is 0. The molecule has 0 aromatic rings. The summed E-state index contributed by atoms with van der Waals surface area (Å²) in [7, 11) is 1.70. The van der Waals surface area contributed by atoms with Crippen molar-refractivity contribution in [3.63, 3.8) is 0 Å². The molecule has 0 saturated carbocycles. The van der Waals surface area contributed by atoms with E-state index >= 15 is 0 Å². The molecule has 9 heavy (non-hydrogen) atoms. The van der Waals surface area contributed by atoms with Crippen molar-refractivity contribution < 1.29 is 4.74 Å². The van der Waals surface area contributed by atoms with E-state index in [4.69, 9.17) is 4.74 Å². The summed E-state index contributed by atoms with van der Waals surface area (Å²) < 4.78 is 5.06. The van der Waals surface area contributed by atoms with Crippen molar-refractivity contribution in [2.75, 3.05) is 7.11 Å². The van der Waals surface area contributed by atoms with Gasteiger partial charge in [-0.1, -0.05) is 19.3 Å². The summed E-state index contributed by atoms with van der Waals surface area (Å²) in [4.78, 5) is 0. The molecule has 1 nitrogen and oxygen atoms in total. The highest BCUT2D eigenvalue weighted by Gasteiger charge is 1.97. The lowest BCUT2D eigenvalue weighted by atomic mass is 10.2. The Morgan fingerprint density at radius 3 is 2.56 bits per heavy atom. The zero-order valence-corrected chi connectivity index (χ0v) is 6.40. The molecule has 0 aliphatic heterocycles. The Hall–Kier alpha value is -0.480. The SMILES string of the molecule is CC#CC(CCC)OC. The quantitative estimate of drug-likeness (QED) is 0.524. The highest BCUT2D eigenvalue weighted by molar-refractivity contribution is 5.02. The van der Waals surface area contributed by atoms with Crippen LogP contribution in [0.1, 0.15) is 26.7 Å². The standard InChI is InChI=1S/C8H14O/c1-4-6-8(9-3)7-5-2/h8H,4,6H2,1-3H3. The predicted octanol–water partition coefficient (Wildman–Crippen LogP) is 1.82. The topological polar surface area (TPSA) is 9.23 Å². The van der Waals surface area contributed by atoms with Gasteiger partial charge in [0, 0.05) is 7.11 Å². The molecule has 0 heterocycles. The van der Waals surface area contributed by atoms with E-state index in [1.165, 1.54) is 0 Å². The van der Waals surface area contributed by atoms with Crippen LogP contribution < -0.4 is 0 Å². The lowest BCUT2D eigenvalue weighted by Gasteiger charge is -2.04. The minimum absolute atomic E-state index is 0.153. The van der Waals surface area contributed by atoms with Crippen LogP contribution in [0.5, 0.6) is 0 Å². The van der Waals surface area contributed by atoms with Gasteiger partial charge in [0.2, 0.25) is 0 Å². The van der Waals surface area contributed by atoms with Crippen molar-refractivity contribution >= 4 is 0 Å². The molecule has 0 radical (unpaired) electrons. The largest absolute Gasteiger partial charge is 0.369 e. The second kappa shape index (κ2) is 5.65. The fourth-order valence-electron chi connectivity index (χ4n) is 0.672. The number of rotatable bonds is 3. The molecule has 0 aromatic heterocycles. The molecule has 0 rings (SSSR count). The van der Waals surface area contributed by atoms with E-state index in [-0.39, 0.29) is 6.10 Å². The van der Waals surface area contributed by atoms with Crippen LogP contribution in [0.15, 0.2) is 0 Å². The summed E-state index contributed by atoms with van der Waals surface area (Å²) in [6, 6.07) is 0. The molecule has 1 atom stereocenters. The van der Waals surface area contributed by atoms with Crippen LogP contribution in [0.4, 0.5) is 0 Å². The van der Waals surface area contributed by atoms with Crippen LogP contribution in [-0.4, -0.2) is 13.2 Å². The third-order valence-electron chi connectivity index (χ3n) is 1.14. The van der Waals surface area contributed by atoms with Gasteiger partial charge in [-0.15, -0.1) is 5.92 Å². The summed E-state index contributed by atoms with van der Waals surface area (Å²) in [6.45, 7) is 3.96. The average molecular weight is 126 g/mol. The molecular weight excluding hydrogens is 112 g/mol. The maximum atomic E-state index is 5.06. The molecule has 0 amide bonds. The van der Waals surface area contributed by atoms with Crippen LogP contribution in [0.2, 0.25) is 0 Å². The Kier molecular flexibility index (Phi) is 5.35. The van der Waals surface area contributed by atoms with Gasteiger partial charge in [-0.05, 0) is 13.3 Å². The Morgan fingerprint density at radius 2 is 2.22 bits per heavy atom. The summed E-state index contributed by atoms with van der Waals surface area (Å²) in [5, 5.41) is 0. The molecule has 0 aromatic carbocycles. The van der Waals surface area contributed by atoms with Crippen LogP contribution in [-0.2, 0) is 4.74 Å². The normalized spacial score (nSPS) is 11.9. The Morgan fingerprint density at radius 1 is 1.56 bits per heavy atom. The first-order chi connectivity index (χ1) is 4.35. The monoisotopic (exact) mass is 126 g/mol. The zero-order chi connectivity index (χ0) is 7.11. The molecule has 0 N–H and O–H groups in total. The van der Waals surface area contributed by atoms with Crippen molar-refractivity contribution in [3.8, 4) is 11.8 Å². The van der Waals surface area contributed by atoms with Gasteiger partial charge in [0.15, 0.2) is 0 Å². The van der Waals surface area contributed by atoms with Crippen molar-refractivity contribution in [2.45, 2.75) is 32.8 Å². The van der Waals surface area contributed by atoms with Gasteiger partial charge >= 0.3 is 0 Å². The van der Waals surface area contributed by atoms with Crippen molar-refractivity contribution in [1.29, 1.82) is 0 Å². The van der Waals surface area contributed by atoms with Gasteiger partial charge in [0.05, 0.1) is 0 Å². The molecule has 1 unspecified atom stereocenters. The molecule has 1 heteroatoms. The van der Waals surface area contributed by atoms with E-state index in [0.29, 0.717) is 0 Å². The van der Waals surface area contributed by atoms with Gasteiger partial charge in [-0.3, -0.25) is 0 Å². The van der Waals surface area contributed by atoms with Gasteiger partial charge in [0.1, 0.15) is 6.10 Å². The first-order valence-corrected chi connectivity index (χ1v) is 3.30. The Balaban J connectivity index is 3.50. The first-order valence-electron chi connectivity index (χ1n) is 3.30. The molecular formula is C8H14O. The van der Waals surface area contributed by atoms with Crippen molar-refractivity contribution in [3.05, 3.63) is 0 Å². The highest BCUT2D eigenvalue weighted by Crippen LogP contribution is 1.97. The molecule has 0 saturated heterocycles. The fourth-order valence-corrected chi connectivity index (χ4v) is 0.672. The summed E-state index contributed by atoms with van der Waals surface area (Å²) in [5.74, 6) is 5.79. The Labute approximate surface area is 57.4 Å². The van der Waals surface area contributed by atoms with E-state index < -0.39 is 0 Å². The lowest BCUT2D eigenvalue weighted by molar-refractivity contribution is 0.140. The maximum absolute atomic E-state index is 5.06. The van der Waals surface area contributed by atoms with E-state index in [9.17, 15) is 0 Å². The summed E-state index contributed by atoms with van der Waals surface area (Å²) in [5.41, 5.74) is 0. The van der Waals surface area contributed by atoms with Gasteiger partial charge in [-0.25, -0.2) is 0 Å². The van der Waals surface area contributed by atoms with Crippen LogP contribution >= 0.6 is 0 Å². The second-order valence-electron chi connectivity index (χ2n) is 1.91. The molecule has 0 aliphatic rings. The van der Waals surface area contributed by atoms with Crippen molar-refractivity contribution in [1.82, 2.24) is 0 Å². The van der Waals surface area contributed by atoms with Crippen LogP contribution in [0.3, 0.4) is 0 Å². The predicted molar refractivity (Wildman–Crippen MR) is 39.2 cm³/mol. The highest BCUT2D eigenvalue weighted by atomic mass is 16.5. The fraction of sp³-hybridized carbons (Fsp3) is 0.750. The lowest BCUT2D eigenvalue weighted by Crippen LogP contribution is -2.05. The first kappa shape index (κ1) is 8.52. The molecule has 0 bridgehead atoms. The van der Waals surface area contributed by atoms with E-state index in [1.807, 2.05) is 6.92 Å². The second-order valence-corrected chi connectivity index (χ2v) is 1.91. The van der Waals surface area contributed by atoms with Crippen molar-refractivity contribution in [2.24, 2.45) is 0 Å². The van der Waals surface area contributed by atoms with Crippen LogP contribution in [0.25, 0.3) is 0 Å². The molecule has 0 fully saturated rings. The average Bonchev–Trinajstić information content (AvgIpc) is 1.88. The zero-order valence-electron chi connectivity index (χ0n) is 6.40. The third-order valence-corrected chi connectivity index (χ3v) is 1.14. The Bertz CT molecular complexity index is 107. The maximum Gasteiger partial charge on any atom is 0.117 e. The molecule has 0 spiro atoms. The summed E-state index contributed by atoms with van der Waals surface area (Å²) in [6.07, 6.45) is 2.32. The van der Waals surface area contributed by atoms with Gasteiger partial charge in [-0.2, -0.15) is 0 Å². The molecule has 0 aliphatic carbocycles. The van der Waals surface area contributed by atoms with E-state index in [1.54, 1.807) is 7.11 Å². The number of hydrogen-bond acceptors (Lipinski definition) is 1. The third kappa shape index (κ3) is 4.05. The smallest absolute Gasteiger partial charge is 0.117 e. The van der Waals surface area contributed by atoms with Gasteiger partial charge < -0.3 is 4.74 Å². The number of ether oxygens (including phenoxy) is 1. The van der Waals surface area contributed by atoms with Gasteiger partial charge in [0.25, 0.3) is 0 Å². The molecule has 52 valence electrons. The minimum atomic E-state index is 0.153. The van der Waals surface area contributed by atoms with E-state index in [0.717, 1.165) is 12.8 Å². The van der Waals surface area contributed by atoms with E-state index in [2.05, 4.69) is 18.8 Å². The number of hydrogen-bond donors (Lipinski definition) is 0. The minimum Gasteiger partial charge on any atom is -0.369 e. The number of methoxy groups -OCH3 is 1.